The van der Waals surface area contributed by atoms with Crippen molar-refractivity contribution in [1.29, 1.82) is 0 Å². The van der Waals surface area contributed by atoms with Crippen molar-refractivity contribution in [3.8, 4) is 5.75 Å². The first kappa shape index (κ1) is 14.4. The predicted molar refractivity (Wildman–Crippen MR) is 74.9 cm³/mol. The average Bonchev–Trinajstić information content (AvgIpc) is 3.28. The van der Waals surface area contributed by atoms with Crippen molar-refractivity contribution in [3.05, 3.63) is 24.3 Å². The summed E-state index contributed by atoms with van der Waals surface area (Å²) in [5, 5.41) is 9.04. The van der Waals surface area contributed by atoms with Crippen LogP contribution in [0.25, 0.3) is 0 Å². The summed E-state index contributed by atoms with van der Waals surface area (Å²) in [5.41, 5.74) is 0.718. The van der Waals surface area contributed by atoms with E-state index in [4.69, 9.17) is 9.84 Å². The van der Waals surface area contributed by atoms with E-state index in [1.807, 2.05) is 0 Å². The second-order valence-electron chi connectivity index (χ2n) is 5.16. The molecule has 1 saturated carbocycles. The van der Waals surface area contributed by atoms with Gasteiger partial charge in [-0.25, -0.2) is 0 Å². The van der Waals surface area contributed by atoms with Gasteiger partial charge >= 0.3 is 5.97 Å². The number of benzene rings is 1. The van der Waals surface area contributed by atoms with Gasteiger partial charge in [0.2, 0.25) is 5.91 Å². The Bertz CT molecular complexity index is 493. The van der Waals surface area contributed by atoms with Crippen LogP contribution in [-0.4, -0.2) is 30.6 Å². The van der Waals surface area contributed by atoms with E-state index in [-0.39, 0.29) is 18.4 Å². The molecule has 1 aromatic carbocycles. The number of nitrogens with zero attached hydrogens (tertiary/aromatic N) is 1. The normalized spacial score (nSPS) is 15.5. The fraction of sp³-hybridized carbons (Fsp3) is 0.467. The molecule has 2 rings (SSSR count). The first-order valence-electron chi connectivity index (χ1n) is 6.71. The molecule has 0 saturated heterocycles. The van der Waals surface area contributed by atoms with E-state index in [1.165, 1.54) is 0 Å². The lowest BCUT2D eigenvalue weighted by atomic mass is 10.1. The van der Waals surface area contributed by atoms with Gasteiger partial charge in [-0.1, -0.05) is 6.92 Å². The van der Waals surface area contributed by atoms with Crippen LogP contribution in [0.3, 0.4) is 0 Å². The SMILES string of the molecule is COc1ccc(N(CC(C)C(=O)O)C(=O)C2CC2)cc1. The Balaban J connectivity index is 2.19. The maximum absolute atomic E-state index is 12.3. The van der Waals surface area contributed by atoms with Crippen LogP contribution in [0, 0.1) is 11.8 Å². The van der Waals surface area contributed by atoms with Gasteiger partial charge in [-0.3, -0.25) is 9.59 Å². The van der Waals surface area contributed by atoms with Gasteiger partial charge in [0.1, 0.15) is 5.75 Å². The zero-order chi connectivity index (χ0) is 14.7. The van der Waals surface area contributed by atoms with Gasteiger partial charge in [-0.15, -0.1) is 0 Å². The summed E-state index contributed by atoms with van der Waals surface area (Å²) in [6.07, 6.45) is 1.79. The van der Waals surface area contributed by atoms with Crippen molar-refractivity contribution < 1.29 is 19.4 Å². The summed E-state index contributed by atoms with van der Waals surface area (Å²) >= 11 is 0. The number of rotatable bonds is 6. The number of carbonyl (C=O) groups is 2. The summed E-state index contributed by atoms with van der Waals surface area (Å²) in [7, 11) is 1.58. The molecule has 0 aromatic heterocycles. The highest BCUT2D eigenvalue weighted by molar-refractivity contribution is 5.97. The third-order valence-electron chi connectivity index (χ3n) is 3.45. The van der Waals surface area contributed by atoms with Gasteiger partial charge in [-0.05, 0) is 37.1 Å². The molecule has 0 heterocycles. The molecule has 1 aliphatic carbocycles. The fourth-order valence-electron chi connectivity index (χ4n) is 1.99. The molecule has 1 amide bonds. The summed E-state index contributed by atoms with van der Waals surface area (Å²) in [5.74, 6) is -0.716. The smallest absolute Gasteiger partial charge is 0.308 e. The maximum Gasteiger partial charge on any atom is 0.308 e. The zero-order valence-corrected chi connectivity index (χ0v) is 11.7. The van der Waals surface area contributed by atoms with E-state index in [9.17, 15) is 9.59 Å². The van der Waals surface area contributed by atoms with Gasteiger partial charge in [-0.2, -0.15) is 0 Å². The number of amides is 1. The van der Waals surface area contributed by atoms with E-state index >= 15 is 0 Å². The van der Waals surface area contributed by atoms with Crippen LogP contribution in [0.2, 0.25) is 0 Å². The quantitative estimate of drug-likeness (QED) is 0.865. The van der Waals surface area contributed by atoms with E-state index in [0.717, 1.165) is 18.5 Å². The molecule has 1 unspecified atom stereocenters. The zero-order valence-electron chi connectivity index (χ0n) is 11.7. The summed E-state index contributed by atoms with van der Waals surface area (Å²) in [4.78, 5) is 24.9. The van der Waals surface area contributed by atoms with Gasteiger partial charge < -0.3 is 14.7 Å². The Kier molecular flexibility index (Phi) is 4.27. The second kappa shape index (κ2) is 5.94. The summed E-state index contributed by atoms with van der Waals surface area (Å²) in [6, 6.07) is 7.11. The molecule has 0 aliphatic heterocycles. The monoisotopic (exact) mass is 277 g/mol. The van der Waals surface area contributed by atoms with Crippen LogP contribution >= 0.6 is 0 Å². The van der Waals surface area contributed by atoms with Crippen LogP contribution in [0.4, 0.5) is 5.69 Å². The average molecular weight is 277 g/mol. The van der Waals surface area contributed by atoms with Crippen LogP contribution in [-0.2, 0) is 9.59 Å². The van der Waals surface area contributed by atoms with E-state index in [0.29, 0.717) is 5.75 Å². The number of ether oxygens (including phenoxy) is 1. The standard InChI is InChI=1S/C15H19NO4/c1-10(15(18)19)9-16(14(17)11-3-4-11)12-5-7-13(20-2)8-6-12/h5-8,10-11H,3-4,9H2,1-2H3,(H,18,19). The van der Waals surface area contributed by atoms with Gasteiger partial charge in [0.15, 0.2) is 0 Å². The molecule has 0 bridgehead atoms. The number of carboxylic acid groups (broad SMARTS) is 1. The van der Waals surface area contributed by atoms with E-state index in [2.05, 4.69) is 0 Å². The van der Waals surface area contributed by atoms with Crippen molar-refractivity contribution in [3.63, 3.8) is 0 Å². The number of aliphatic carboxylic acids is 1. The van der Waals surface area contributed by atoms with E-state index < -0.39 is 11.9 Å². The van der Waals surface area contributed by atoms with Crippen molar-refractivity contribution in [1.82, 2.24) is 0 Å². The number of methoxy groups -OCH3 is 1. The lowest BCUT2D eigenvalue weighted by molar-refractivity contribution is -0.140. The number of carbonyl (C=O) groups excluding carboxylic acids is 1. The maximum atomic E-state index is 12.3. The Morgan fingerprint density at radius 2 is 1.95 bits per heavy atom. The highest BCUT2D eigenvalue weighted by Crippen LogP contribution is 2.33. The molecule has 20 heavy (non-hydrogen) atoms. The summed E-state index contributed by atoms with van der Waals surface area (Å²) in [6.45, 7) is 1.80. The first-order valence-corrected chi connectivity index (χ1v) is 6.71. The second-order valence-corrected chi connectivity index (χ2v) is 5.16. The molecule has 1 N–H and O–H groups in total. The highest BCUT2D eigenvalue weighted by atomic mass is 16.5. The molecule has 1 atom stereocenters. The third kappa shape index (κ3) is 3.29. The van der Waals surface area contributed by atoms with Crippen LogP contribution < -0.4 is 9.64 Å². The molecule has 108 valence electrons. The Morgan fingerprint density at radius 1 is 1.35 bits per heavy atom. The Hall–Kier alpha value is -2.04. The molecule has 1 aromatic rings. The fourth-order valence-corrected chi connectivity index (χ4v) is 1.99. The molecular weight excluding hydrogens is 258 g/mol. The third-order valence-corrected chi connectivity index (χ3v) is 3.45. The highest BCUT2D eigenvalue weighted by Gasteiger charge is 2.35. The largest absolute Gasteiger partial charge is 0.497 e. The minimum atomic E-state index is -0.896. The number of hydrogen-bond donors (Lipinski definition) is 1. The molecule has 0 radical (unpaired) electrons. The first-order chi connectivity index (χ1) is 9.52. The number of carboxylic acids is 1. The van der Waals surface area contributed by atoms with Crippen LogP contribution in [0.15, 0.2) is 24.3 Å². The van der Waals surface area contributed by atoms with E-state index in [1.54, 1.807) is 43.2 Å². The van der Waals surface area contributed by atoms with Crippen LogP contribution in [0.1, 0.15) is 19.8 Å². The van der Waals surface area contributed by atoms with Crippen molar-refractivity contribution in [2.45, 2.75) is 19.8 Å². The molecular formula is C15H19NO4. The van der Waals surface area contributed by atoms with Crippen molar-refractivity contribution in [2.75, 3.05) is 18.6 Å². The molecule has 0 spiro atoms. The predicted octanol–water partition coefficient (Wildman–Crippen LogP) is 2.16. The molecule has 1 aliphatic rings. The summed E-state index contributed by atoms with van der Waals surface area (Å²) < 4.78 is 5.09. The van der Waals surface area contributed by atoms with Gasteiger partial charge in [0, 0.05) is 18.2 Å². The van der Waals surface area contributed by atoms with Gasteiger partial charge in [0.25, 0.3) is 0 Å². The topological polar surface area (TPSA) is 66.8 Å². The Morgan fingerprint density at radius 3 is 2.40 bits per heavy atom. The molecule has 5 nitrogen and oxygen atoms in total. The van der Waals surface area contributed by atoms with Crippen molar-refractivity contribution in [2.24, 2.45) is 11.8 Å². The number of anilines is 1. The number of hydrogen-bond acceptors (Lipinski definition) is 3. The lowest BCUT2D eigenvalue weighted by Crippen LogP contribution is -2.38. The Labute approximate surface area is 118 Å². The minimum absolute atomic E-state index is 0.0169. The minimum Gasteiger partial charge on any atom is -0.497 e. The van der Waals surface area contributed by atoms with Gasteiger partial charge in [0.05, 0.1) is 13.0 Å². The lowest BCUT2D eigenvalue weighted by Gasteiger charge is -2.25. The molecule has 5 heteroatoms. The molecule has 1 fully saturated rings. The van der Waals surface area contributed by atoms with Crippen molar-refractivity contribution >= 4 is 17.6 Å². The van der Waals surface area contributed by atoms with Crippen LogP contribution in [0.5, 0.6) is 5.75 Å².